The number of para-hydroxylation sites is 1. The third-order valence-electron chi connectivity index (χ3n) is 4.59. The van der Waals surface area contributed by atoms with E-state index in [0.29, 0.717) is 38.3 Å². The highest BCUT2D eigenvalue weighted by Crippen LogP contribution is 2.28. The van der Waals surface area contributed by atoms with E-state index in [0.717, 1.165) is 0 Å². The second-order valence-corrected chi connectivity index (χ2v) is 8.18. The maximum atomic E-state index is 12.9. The molecule has 0 bridgehead atoms. The number of carbonyl (C=O) groups excluding carboxylic acids is 2. The molecule has 32 heavy (non-hydrogen) atoms. The molecule has 10 heteroatoms. The molecule has 0 saturated carbocycles. The number of anilines is 1. The van der Waals surface area contributed by atoms with Gasteiger partial charge in [0.1, 0.15) is 5.75 Å². The van der Waals surface area contributed by atoms with Gasteiger partial charge in [-0.3, -0.25) is 19.0 Å². The zero-order valence-electron chi connectivity index (χ0n) is 17.6. The number of rotatable bonds is 9. The van der Waals surface area contributed by atoms with Crippen LogP contribution in [0.15, 0.2) is 52.4 Å². The molecule has 3 aromatic rings. The van der Waals surface area contributed by atoms with Gasteiger partial charge in [-0.1, -0.05) is 35.5 Å². The monoisotopic (exact) mass is 475 g/mol. The molecule has 1 aromatic heterocycles. The van der Waals surface area contributed by atoms with E-state index < -0.39 is 5.97 Å². The van der Waals surface area contributed by atoms with Gasteiger partial charge in [0.05, 0.1) is 37.2 Å². The van der Waals surface area contributed by atoms with Gasteiger partial charge in [0.2, 0.25) is 5.91 Å². The summed E-state index contributed by atoms with van der Waals surface area (Å²) in [5.41, 5.74) is 0.798. The summed E-state index contributed by atoms with van der Waals surface area (Å²) >= 11 is 7.27. The van der Waals surface area contributed by atoms with E-state index in [1.165, 1.54) is 30.5 Å². The molecule has 0 saturated heterocycles. The second kappa shape index (κ2) is 11.0. The van der Waals surface area contributed by atoms with Crippen molar-refractivity contribution in [2.75, 3.05) is 25.3 Å². The largest absolute Gasteiger partial charge is 0.495 e. The van der Waals surface area contributed by atoms with Gasteiger partial charge in [0.25, 0.3) is 5.56 Å². The van der Waals surface area contributed by atoms with Gasteiger partial charge in [0.15, 0.2) is 5.16 Å². The normalized spacial score (nSPS) is 10.7. The maximum Gasteiger partial charge on any atom is 0.307 e. The molecule has 0 unspecified atom stereocenters. The number of benzene rings is 2. The number of hydrogen-bond donors (Lipinski definition) is 1. The Balaban J connectivity index is 1.73. The highest BCUT2D eigenvalue weighted by atomic mass is 35.5. The maximum absolute atomic E-state index is 12.9. The fourth-order valence-electron chi connectivity index (χ4n) is 2.99. The predicted molar refractivity (Wildman–Crippen MR) is 125 cm³/mol. The molecule has 0 spiro atoms. The summed E-state index contributed by atoms with van der Waals surface area (Å²) in [6, 6.07) is 12.0. The van der Waals surface area contributed by atoms with Crippen molar-refractivity contribution in [3.05, 3.63) is 57.8 Å². The van der Waals surface area contributed by atoms with E-state index in [1.54, 1.807) is 42.5 Å². The number of methoxy groups -OCH3 is 2. The number of nitrogens with zero attached hydrogens (tertiary/aromatic N) is 2. The summed E-state index contributed by atoms with van der Waals surface area (Å²) in [5, 5.41) is 4.16. The van der Waals surface area contributed by atoms with Crippen LogP contribution in [-0.4, -0.2) is 41.4 Å². The highest BCUT2D eigenvalue weighted by Gasteiger charge is 2.14. The fraction of sp³-hybridized carbons (Fsp3) is 0.273. The third-order valence-corrected chi connectivity index (χ3v) is 5.80. The smallest absolute Gasteiger partial charge is 0.307 e. The molecule has 0 aliphatic rings. The lowest BCUT2D eigenvalue weighted by Gasteiger charge is -2.13. The summed E-state index contributed by atoms with van der Waals surface area (Å²) in [6.45, 7) is 0.136. The van der Waals surface area contributed by atoms with E-state index >= 15 is 0 Å². The summed E-state index contributed by atoms with van der Waals surface area (Å²) in [6.07, 6.45) is 0.207. The Kier molecular flexibility index (Phi) is 8.13. The SMILES string of the molecule is COC(=O)CCn1c(SCCC(=O)Nc2cc(Cl)ccc2OC)nc2ccccc2c1=O. The number of carbonyl (C=O) groups is 2. The zero-order valence-corrected chi connectivity index (χ0v) is 19.2. The Morgan fingerprint density at radius 2 is 1.94 bits per heavy atom. The van der Waals surface area contributed by atoms with Crippen molar-refractivity contribution in [1.82, 2.24) is 9.55 Å². The molecule has 168 valence electrons. The Hall–Kier alpha value is -3.04. The lowest BCUT2D eigenvalue weighted by atomic mass is 10.2. The number of esters is 1. The summed E-state index contributed by atoms with van der Waals surface area (Å²) in [7, 11) is 2.81. The van der Waals surface area contributed by atoms with Gasteiger partial charge in [0, 0.05) is 23.7 Å². The van der Waals surface area contributed by atoms with Crippen LogP contribution in [0.25, 0.3) is 10.9 Å². The highest BCUT2D eigenvalue weighted by molar-refractivity contribution is 7.99. The molecule has 0 aliphatic heterocycles. The molecular formula is C22H22ClN3O5S. The number of nitrogens with one attached hydrogen (secondary N) is 1. The number of ether oxygens (including phenoxy) is 2. The molecular weight excluding hydrogens is 454 g/mol. The van der Waals surface area contributed by atoms with Crippen LogP contribution in [0.5, 0.6) is 5.75 Å². The minimum absolute atomic E-state index is 0.0407. The van der Waals surface area contributed by atoms with Gasteiger partial charge < -0.3 is 14.8 Å². The predicted octanol–water partition coefficient (Wildman–Crippen LogP) is 3.74. The zero-order chi connectivity index (χ0) is 23.1. The first-order chi connectivity index (χ1) is 15.4. The van der Waals surface area contributed by atoms with Crippen LogP contribution >= 0.6 is 23.4 Å². The number of halogens is 1. The molecule has 0 aliphatic carbocycles. The Morgan fingerprint density at radius 1 is 1.16 bits per heavy atom. The quantitative estimate of drug-likeness (QED) is 0.286. The first kappa shape index (κ1) is 23.6. The first-order valence-electron chi connectivity index (χ1n) is 9.75. The van der Waals surface area contributed by atoms with Gasteiger partial charge in [-0.2, -0.15) is 0 Å². The molecule has 1 heterocycles. The number of fused-ring (bicyclic) bond motifs is 1. The molecule has 0 fully saturated rings. The number of aromatic nitrogens is 2. The number of thioether (sulfide) groups is 1. The van der Waals surface area contributed by atoms with Crippen molar-refractivity contribution in [1.29, 1.82) is 0 Å². The average molecular weight is 476 g/mol. The third kappa shape index (κ3) is 5.80. The van der Waals surface area contributed by atoms with E-state index in [1.807, 2.05) is 0 Å². The van der Waals surface area contributed by atoms with Crippen LogP contribution in [0.1, 0.15) is 12.8 Å². The minimum Gasteiger partial charge on any atom is -0.495 e. The Morgan fingerprint density at radius 3 is 2.69 bits per heavy atom. The molecule has 0 atom stereocenters. The molecule has 8 nitrogen and oxygen atoms in total. The molecule has 1 N–H and O–H groups in total. The number of hydrogen-bond acceptors (Lipinski definition) is 7. The molecule has 2 aromatic carbocycles. The van der Waals surface area contributed by atoms with Gasteiger partial charge in [-0.05, 0) is 30.3 Å². The van der Waals surface area contributed by atoms with Gasteiger partial charge in [-0.15, -0.1) is 0 Å². The molecule has 1 amide bonds. The molecule has 3 rings (SSSR count). The fourth-order valence-corrected chi connectivity index (χ4v) is 4.12. The summed E-state index contributed by atoms with van der Waals surface area (Å²) in [4.78, 5) is 41.5. The first-order valence-corrected chi connectivity index (χ1v) is 11.1. The van der Waals surface area contributed by atoms with E-state index in [9.17, 15) is 14.4 Å². The average Bonchev–Trinajstić information content (AvgIpc) is 2.78. The van der Waals surface area contributed by atoms with E-state index in [2.05, 4.69) is 15.0 Å². The summed E-state index contributed by atoms with van der Waals surface area (Å²) in [5.74, 6) is 0.221. The topological polar surface area (TPSA) is 99.5 Å². The van der Waals surface area contributed by atoms with Crippen molar-refractivity contribution >= 4 is 51.8 Å². The number of amides is 1. The standard InChI is InChI=1S/C22H22ClN3O5S/c1-30-18-8-7-14(23)13-17(18)24-19(27)10-12-32-22-25-16-6-4-3-5-15(16)21(29)26(22)11-9-20(28)31-2/h3-8,13H,9-12H2,1-2H3,(H,24,27). The Bertz CT molecular complexity index is 1200. The Labute approximate surface area is 193 Å². The van der Waals surface area contributed by atoms with Crippen molar-refractivity contribution < 1.29 is 19.1 Å². The molecule has 0 radical (unpaired) electrons. The van der Waals surface area contributed by atoms with Crippen molar-refractivity contribution in [2.45, 2.75) is 24.5 Å². The van der Waals surface area contributed by atoms with Crippen molar-refractivity contribution in [3.8, 4) is 5.75 Å². The van der Waals surface area contributed by atoms with Crippen molar-refractivity contribution in [2.24, 2.45) is 0 Å². The van der Waals surface area contributed by atoms with Crippen LogP contribution < -0.4 is 15.6 Å². The lowest BCUT2D eigenvalue weighted by Crippen LogP contribution is -2.25. The minimum atomic E-state index is -0.421. The van der Waals surface area contributed by atoms with Crippen LogP contribution in [-0.2, 0) is 20.9 Å². The second-order valence-electron chi connectivity index (χ2n) is 6.69. The van der Waals surface area contributed by atoms with Gasteiger partial charge in [-0.25, -0.2) is 4.98 Å². The van der Waals surface area contributed by atoms with E-state index in [-0.39, 0.29) is 30.9 Å². The van der Waals surface area contributed by atoms with Crippen molar-refractivity contribution in [3.63, 3.8) is 0 Å². The van der Waals surface area contributed by atoms with Crippen LogP contribution in [0.2, 0.25) is 5.02 Å². The lowest BCUT2D eigenvalue weighted by molar-refractivity contribution is -0.140. The van der Waals surface area contributed by atoms with Crippen LogP contribution in [0.4, 0.5) is 5.69 Å². The van der Waals surface area contributed by atoms with E-state index in [4.69, 9.17) is 16.3 Å². The van der Waals surface area contributed by atoms with Crippen LogP contribution in [0.3, 0.4) is 0 Å². The van der Waals surface area contributed by atoms with Crippen LogP contribution in [0, 0.1) is 0 Å². The van der Waals surface area contributed by atoms with Gasteiger partial charge >= 0.3 is 5.97 Å². The summed E-state index contributed by atoms with van der Waals surface area (Å²) < 4.78 is 11.4.